The predicted molar refractivity (Wildman–Crippen MR) is 66.8 cm³/mol. The van der Waals surface area contributed by atoms with Gasteiger partial charge in [-0.15, -0.1) is 0 Å². The van der Waals surface area contributed by atoms with Crippen molar-refractivity contribution < 1.29 is 4.79 Å². The maximum atomic E-state index is 12.1. The number of imidazole rings is 1. The minimum Gasteiger partial charge on any atom is -0.332 e. The Kier molecular flexibility index (Phi) is 3.38. The molecule has 0 amide bonds. The Bertz CT molecular complexity index is 502. The van der Waals surface area contributed by atoms with Gasteiger partial charge in [0, 0.05) is 25.4 Å². The van der Waals surface area contributed by atoms with E-state index in [1.807, 2.05) is 44.3 Å². The van der Waals surface area contributed by atoms with Gasteiger partial charge in [0.25, 0.3) is 0 Å². The SMILES string of the molecule is CC(Cc1ccccc1)C(=O)c1nccn1C. The molecule has 17 heavy (non-hydrogen) atoms. The Morgan fingerprint density at radius 1 is 1.35 bits per heavy atom. The van der Waals surface area contributed by atoms with Crippen LogP contribution in [0.3, 0.4) is 0 Å². The molecular weight excluding hydrogens is 212 g/mol. The van der Waals surface area contributed by atoms with E-state index >= 15 is 0 Å². The third-order valence-corrected chi connectivity index (χ3v) is 2.87. The molecule has 0 N–H and O–H groups in total. The second-order valence-electron chi connectivity index (χ2n) is 4.32. The highest BCUT2D eigenvalue weighted by atomic mass is 16.1. The Morgan fingerprint density at radius 2 is 2.06 bits per heavy atom. The fourth-order valence-electron chi connectivity index (χ4n) is 1.88. The monoisotopic (exact) mass is 228 g/mol. The van der Waals surface area contributed by atoms with Crippen molar-refractivity contribution in [1.82, 2.24) is 9.55 Å². The van der Waals surface area contributed by atoms with Crippen LogP contribution in [0.5, 0.6) is 0 Å². The largest absolute Gasteiger partial charge is 0.332 e. The molecule has 88 valence electrons. The van der Waals surface area contributed by atoms with Gasteiger partial charge in [-0.1, -0.05) is 37.3 Å². The fraction of sp³-hybridized carbons (Fsp3) is 0.286. The van der Waals surface area contributed by atoms with Crippen LogP contribution in [-0.4, -0.2) is 15.3 Å². The van der Waals surface area contributed by atoms with Crippen LogP contribution < -0.4 is 0 Å². The summed E-state index contributed by atoms with van der Waals surface area (Å²) in [5, 5.41) is 0. The maximum Gasteiger partial charge on any atom is 0.201 e. The van der Waals surface area contributed by atoms with Crippen molar-refractivity contribution in [2.24, 2.45) is 13.0 Å². The number of Topliss-reactive ketones (excluding diaryl/α,β-unsaturated/α-hetero) is 1. The summed E-state index contributed by atoms with van der Waals surface area (Å²) in [7, 11) is 1.84. The van der Waals surface area contributed by atoms with Gasteiger partial charge in [0.15, 0.2) is 5.82 Å². The summed E-state index contributed by atoms with van der Waals surface area (Å²) >= 11 is 0. The summed E-state index contributed by atoms with van der Waals surface area (Å²) in [6.45, 7) is 1.95. The number of ketones is 1. The molecule has 1 unspecified atom stereocenters. The van der Waals surface area contributed by atoms with Gasteiger partial charge < -0.3 is 4.57 Å². The van der Waals surface area contributed by atoms with E-state index in [9.17, 15) is 4.79 Å². The highest BCUT2D eigenvalue weighted by molar-refractivity contribution is 5.94. The molecule has 1 atom stereocenters. The summed E-state index contributed by atoms with van der Waals surface area (Å²) in [6, 6.07) is 10.1. The molecule has 0 aliphatic heterocycles. The van der Waals surface area contributed by atoms with Crippen LogP contribution >= 0.6 is 0 Å². The Hall–Kier alpha value is -1.90. The zero-order valence-corrected chi connectivity index (χ0v) is 10.1. The molecule has 0 radical (unpaired) electrons. The quantitative estimate of drug-likeness (QED) is 0.753. The van der Waals surface area contributed by atoms with Crippen molar-refractivity contribution in [1.29, 1.82) is 0 Å². The minimum absolute atomic E-state index is 0.0431. The van der Waals surface area contributed by atoms with Crippen molar-refractivity contribution in [3.8, 4) is 0 Å². The van der Waals surface area contributed by atoms with E-state index < -0.39 is 0 Å². The van der Waals surface area contributed by atoms with Crippen molar-refractivity contribution in [2.45, 2.75) is 13.3 Å². The van der Waals surface area contributed by atoms with Crippen LogP contribution in [0.2, 0.25) is 0 Å². The van der Waals surface area contributed by atoms with E-state index in [-0.39, 0.29) is 11.7 Å². The average Bonchev–Trinajstić information content (AvgIpc) is 2.76. The number of carbonyl (C=O) groups is 1. The first-order chi connectivity index (χ1) is 8.18. The zero-order chi connectivity index (χ0) is 12.3. The lowest BCUT2D eigenvalue weighted by Gasteiger charge is -2.10. The molecule has 0 fully saturated rings. The third-order valence-electron chi connectivity index (χ3n) is 2.87. The molecule has 3 nitrogen and oxygen atoms in total. The normalized spacial score (nSPS) is 12.4. The highest BCUT2D eigenvalue weighted by Gasteiger charge is 2.18. The first kappa shape index (κ1) is 11.6. The van der Waals surface area contributed by atoms with Gasteiger partial charge >= 0.3 is 0 Å². The first-order valence-corrected chi connectivity index (χ1v) is 5.74. The molecule has 1 aromatic heterocycles. The number of hydrogen-bond acceptors (Lipinski definition) is 2. The van der Waals surface area contributed by atoms with Gasteiger partial charge in [-0.3, -0.25) is 4.79 Å². The lowest BCUT2D eigenvalue weighted by atomic mass is 9.97. The van der Waals surface area contributed by atoms with Gasteiger partial charge in [-0.25, -0.2) is 4.98 Å². The van der Waals surface area contributed by atoms with Crippen LogP contribution in [0, 0.1) is 5.92 Å². The summed E-state index contributed by atoms with van der Waals surface area (Å²) in [5.74, 6) is 0.591. The number of aryl methyl sites for hydroxylation is 1. The Morgan fingerprint density at radius 3 is 2.65 bits per heavy atom. The lowest BCUT2D eigenvalue weighted by Crippen LogP contribution is -2.18. The Balaban J connectivity index is 2.09. The minimum atomic E-state index is -0.0431. The smallest absolute Gasteiger partial charge is 0.201 e. The number of nitrogens with zero attached hydrogens (tertiary/aromatic N) is 2. The van der Waals surface area contributed by atoms with E-state index in [2.05, 4.69) is 4.98 Å². The molecule has 2 rings (SSSR count). The summed E-state index contributed by atoms with van der Waals surface area (Å²) in [6.07, 6.45) is 4.21. The van der Waals surface area contributed by atoms with Gasteiger partial charge in [0.1, 0.15) is 0 Å². The van der Waals surface area contributed by atoms with Crippen LogP contribution in [-0.2, 0) is 13.5 Å². The van der Waals surface area contributed by atoms with Crippen LogP contribution in [0.15, 0.2) is 42.7 Å². The molecule has 1 heterocycles. The van der Waals surface area contributed by atoms with Gasteiger partial charge in [-0.2, -0.15) is 0 Å². The van der Waals surface area contributed by atoms with Gasteiger partial charge in [0.05, 0.1) is 0 Å². The Labute approximate surface area is 101 Å². The summed E-state index contributed by atoms with van der Waals surface area (Å²) in [4.78, 5) is 16.2. The van der Waals surface area contributed by atoms with E-state index in [1.54, 1.807) is 17.0 Å². The number of benzene rings is 1. The molecular formula is C14H16N2O. The number of carbonyl (C=O) groups excluding carboxylic acids is 1. The second kappa shape index (κ2) is 4.95. The van der Waals surface area contributed by atoms with E-state index in [0.717, 1.165) is 6.42 Å². The van der Waals surface area contributed by atoms with E-state index in [4.69, 9.17) is 0 Å². The van der Waals surface area contributed by atoms with Gasteiger partial charge in [-0.05, 0) is 12.0 Å². The van der Waals surface area contributed by atoms with E-state index in [1.165, 1.54) is 5.56 Å². The predicted octanol–water partition coefficient (Wildman–Crippen LogP) is 2.48. The summed E-state index contributed by atoms with van der Waals surface area (Å²) in [5.41, 5.74) is 1.18. The number of hydrogen-bond donors (Lipinski definition) is 0. The van der Waals surface area contributed by atoms with E-state index in [0.29, 0.717) is 5.82 Å². The molecule has 0 spiro atoms. The fourth-order valence-corrected chi connectivity index (χ4v) is 1.88. The molecule has 0 saturated carbocycles. The number of aromatic nitrogens is 2. The van der Waals surface area contributed by atoms with Crippen LogP contribution in [0.4, 0.5) is 0 Å². The third kappa shape index (κ3) is 2.61. The molecule has 2 aromatic rings. The van der Waals surface area contributed by atoms with Crippen LogP contribution in [0.1, 0.15) is 23.1 Å². The lowest BCUT2D eigenvalue weighted by molar-refractivity contribution is 0.0915. The van der Waals surface area contributed by atoms with Crippen molar-refractivity contribution in [3.63, 3.8) is 0 Å². The first-order valence-electron chi connectivity index (χ1n) is 5.74. The number of rotatable bonds is 4. The molecule has 3 heteroatoms. The maximum absolute atomic E-state index is 12.1. The topological polar surface area (TPSA) is 34.9 Å². The van der Waals surface area contributed by atoms with Gasteiger partial charge in [0.2, 0.25) is 5.78 Å². The second-order valence-corrected chi connectivity index (χ2v) is 4.32. The molecule has 0 saturated heterocycles. The summed E-state index contributed by atoms with van der Waals surface area (Å²) < 4.78 is 1.77. The van der Waals surface area contributed by atoms with Crippen LogP contribution in [0.25, 0.3) is 0 Å². The zero-order valence-electron chi connectivity index (χ0n) is 10.1. The highest BCUT2D eigenvalue weighted by Crippen LogP contribution is 2.13. The molecule has 0 aliphatic rings. The molecule has 0 aliphatic carbocycles. The molecule has 0 bridgehead atoms. The standard InChI is InChI=1S/C14H16N2O/c1-11(10-12-6-4-3-5-7-12)13(17)14-15-8-9-16(14)2/h3-9,11H,10H2,1-2H3. The van der Waals surface area contributed by atoms with Crippen molar-refractivity contribution >= 4 is 5.78 Å². The van der Waals surface area contributed by atoms with Crippen molar-refractivity contribution in [2.75, 3.05) is 0 Å². The molecule has 1 aromatic carbocycles. The van der Waals surface area contributed by atoms with Crippen molar-refractivity contribution in [3.05, 3.63) is 54.1 Å². The average molecular weight is 228 g/mol.